The summed E-state index contributed by atoms with van der Waals surface area (Å²) in [4.78, 5) is 2.75. The summed E-state index contributed by atoms with van der Waals surface area (Å²) < 4.78 is 0. The third kappa shape index (κ3) is 4.70. The molecule has 4 heteroatoms. The summed E-state index contributed by atoms with van der Waals surface area (Å²) in [7, 11) is 0. The zero-order chi connectivity index (χ0) is 20.1. The molecule has 1 aromatic heterocycles. The van der Waals surface area contributed by atoms with Crippen molar-refractivity contribution in [2.45, 2.75) is 83.8 Å². The number of aryl methyl sites for hydroxylation is 2. The number of aliphatic hydroxyl groups excluding tert-OH is 2. The molecule has 2 saturated carbocycles. The predicted molar refractivity (Wildman–Crippen MR) is 115 cm³/mol. The number of aliphatic hydroxyl groups is 2. The molecule has 3 unspecified atom stereocenters. The van der Waals surface area contributed by atoms with Gasteiger partial charge in [-0.15, -0.1) is 11.3 Å². The highest BCUT2D eigenvalue weighted by molar-refractivity contribution is 7.11. The minimum atomic E-state index is -0.434. The molecule has 1 aromatic rings. The Morgan fingerprint density at radius 3 is 2.75 bits per heavy atom. The van der Waals surface area contributed by atoms with E-state index in [2.05, 4.69) is 44.2 Å². The molecule has 5 atom stereocenters. The monoisotopic (exact) mass is 401 g/mol. The molecule has 2 fully saturated rings. The van der Waals surface area contributed by atoms with Gasteiger partial charge in [-0.3, -0.25) is 0 Å². The molecule has 0 saturated heterocycles. The smallest absolute Gasteiger partial charge is 0.0659 e. The third-order valence-corrected chi connectivity index (χ3v) is 8.41. The van der Waals surface area contributed by atoms with Crippen LogP contribution in [0, 0.1) is 41.4 Å². The summed E-state index contributed by atoms with van der Waals surface area (Å²) >= 11 is 1.85. The maximum absolute atomic E-state index is 10.6. The zero-order valence-electron chi connectivity index (χ0n) is 17.3. The standard InChI is InChI=1S/C24H35NO2S/c1-3-24(13-6-14-24)23(27)10-5-9-21-20(18(16-25)15-22(21)26)8-4-7-19-12-11-17(2)28-19/h5,9,11-12,18,20-23,26-27H,3-4,6-8,10,13-15H2,1-2H3/b9-5+/t18?,20-,21?,22+,23?/m0/s1. The van der Waals surface area contributed by atoms with Crippen molar-refractivity contribution in [3.63, 3.8) is 0 Å². The van der Waals surface area contributed by atoms with Gasteiger partial charge < -0.3 is 10.2 Å². The summed E-state index contributed by atoms with van der Waals surface area (Å²) in [6.07, 6.45) is 12.3. The predicted octanol–water partition coefficient (Wildman–Crippen LogP) is 5.40. The normalized spacial score (nSPS) is 30.2. The Morgan fingerprint density at radius 1 is 1.39 bits per heavy atom. The first-order chi connectivity index (χ1) is 13.5. The summed E-state index contributed by atoms with van der Waals surface area (Å²) in [6, 6.07) is 6.81. The number of thiophene rings is 1. The Hall–Kier alpha value is -1.15. The van der Waals surface area contributed by atoms with Crippen molar-refractivity contribution in [1.29, 1.82) is 5.26 Å². The van der Waals surface area contributed by atoms with Crippen molar-refractivity contribution < 1.29 is 10.2 Å². The van der Waals surface area contributed by atoms with Crippen LogP contribution in [0.2, 0.25) is 0 Å². The second-order valence-corrected chi connectivity index (χ2v) is 10.3. The van der Waals surface area contributed by atoms with Gasteiger partial charge in [0.05, 0.1) is 24.2 Å². The van der Waals surface area contributed by atoms with Crippen molar-refractivity contribution in [2.75, 3.05) is 0 Å². The van der Waals surface area contributed by atoms with Gasteiger partial charge in [0.2, 0.25) is 0 Å². The van der Waals surface area contributed by atoms with E-state index in [9.17, 15) is 15.5 Å². The lowest BCUT2D eigenvalue weighted by atomic mass is 9.63. The highest BCUT2D eigenvalue weighted by Gasteiger charge is 2.42. The van der Waals surface area contributed by atoms with Crippen LogP contribution in [-0.2, 0) is 6.42 Å². The van der Waals surface area contributed by atoms with Crippen LogP contribution in [0.15, 0.2) is 24.3 Å². The van der Waals surface area contributed by atoms with Crippen LogP contribution in [0.5, 0.6) is 0 Å². The van der Waals surface area contributed by atoms with Gasteiger partial charge in [0, 0.05) is 15.7 Å². The van der Waals surface area contributed by atoms with Crippen LogP contribution >= 0.6 is 11.3 Å². The number of nitrogens with zero attached hydrogens (tertiary/aromatic N) is 1. The van der Waals surface area contributed by atoms with E-state index in [-0.39, 0.29) is 29.3 Å². The molecule has 2 aliphatic rings. The third-order valence-electron chi connectivity index (χ3n) is 7.35. The topological polar surface area (TPSA) is 64.2 Å². The Balaban J connectivity index is 1.56. The van der Waals surface area contributed by atoms with Crippen molar-refractivity contribution in [1.82, 2.24) is 0 Å². The molecule has 154 valence electrons. The maximum atomic E-state index is 10.6. The Bertz CT molecular complexity index is 694. The summed E-state index contributed by atoms with van der Waals surface area (Å²) in [5.41, 5.74) is 0.117. The van der Waals surface area contributed by atoms with Gasteiger partial charge in [-0.1, -0.05) is 25.5 Å². The van der Waals surface area contributed by atoms with Crippen LogP contribution in [0.3, 0.4) is 0 Å². The minimum absolute atomic E-state index is 0.0425. The van der Waals surface area contributed by atoms with E-state index in [1.54, 1.807) is 0 Å². The second kappa shape index (κ2) is 9.57. The van der Waals surface area contributed by atoms with Gasteiger partial charge in [0.25, 0.3) is 0 Å². The molecular weight excluding hydrogens is 366 g/mol. The Labute approximate surface area is 174 Å². The molecule has 0 amide bonds. The van der Waals surface area contributed by atoms with Gasteiger partial charge >= 0.3 is 0 Å². The van der Waals surface area contributed by atoms with Crippen molar-refractivity contribution in [3.8, 4) is 6.07 Å². The highest BCUT2D eigenvalue weighted by Crippen LogP contribution is 2.48. The second-order valence-electron chi connectivity index (χ2n) is 8.93. The van der Waals surface area contributed by atoms with Gasteiger partial charge in [-0.25, -0.2) is 0 Å². The Kier molecular flexibility index (Phi) is 7.36. The van der Waals surface area contributed by atoms with Gasteiger partial charge in [-0.2, -0.15) is 5.26 Å². The van der Waals surface area contributed by atoms with Crippen LogP contribution < -0.4 is 0 Å². The van der Waals surface area contributed by atoms with Crippen molar-refractivity contribution in [3.05, 3.63) is 34.0 Å². The van der Waals surface area contributed by atoms with E-state index in [1.165, 1.54) is 16.2 Å². The number of rotatable bonds is 9. The molecule has 28 heavy (non-hydrogen) atoms. The SMILES string of the molecule is CCC1(C(O)C/C=C/C2[C@@H](CCCc3ccc(C)s3)C(C#N)C[C@H]2O)CCC1. The fourth-order valence-corrected chi connectivity index (χ4v) is 6.19. The first kappa shape index (κ1) is 21.6. The van der Waals surface area contributed by atoms with Crippen LogP contribution in [0.1, 0.15) is 68.0 Å². The lowest BCUT2D eigenvalue weighted by molar-refractivity contribution is -0.0355. The molecule has 0 bridgehead atoms. The molecular formula is C24H35NO2S. The molecule has 3 nitrogen and oxygen atoms in total. The molecule has 0 aliphatic heterocycles. The number of nitriles is 1. The Morgan fingerprint density at radius 2 is 2.18 bits per heavy atom. The molecule has 1 heterocycles. The number of hydrogen-bond acceptors (Lipinski definition) is 4. The van der Waals surface area contributed by atoms with E-state index >= 15 is 0 Å². The average molecular weight is 402 g/mol. The summed E-state index contributed by atoms with van der Waals surface area (Å²) in [6.45, 7) is 4.31. The van der Waals surface area contributed by atoms with E-state index in [4.69, 9.17) is 0 Å². The average Bonchev–Trinajstić information content (AvgIpc) is 3.18. The lowest BCUT2D eigenvalue weighted by Gasteiger charge is -2.45. The largest absolute Gasteiger partial charge is 0.392 e. The molecule has 2 N–H and O–H groups in total. The van der Waals surface area contributed by atoms with Gasteiger partial charge in [0.15, 0.2) is 0 Å². The summed E-state index contributed by atoms with van der Waals surface area (Å²) in [5, 5.41) is 30.7. The lowest BCUT2D eigenvalue weighted by Crippen LogP contribution is -2.40. The molecule has 0 radical (unpaired) electrons. The van der Waals surface area contributed by atoms with Crippen LogP contribution in [0.4, 0.5) is 0 Å². The first-order valence-electron chi connectivity index (χ1n) is 11.0. The fourth-order valence-electron chi connectivity index (χ4n) is 5.26. The quantitative estimate of drug-likeness (QED) is 0.544. The highest BCUT2D eigenvalue weighted by atomic mass is 32.1. The molecule has 2 aliphatic carbocycles. The van der Waals surface area contributed by atoms with E-state index in [0.717, 1.165) is 38.5 Å². The fraction of sp³-hybridized carbons (Fsp3) is 0.708. The molecule has 0 aromatic carbocycles. The van der Waals surface area contributed by atoms with Gasteiger partial charge in [-0.05, 0) is 81.8 Å². The van der Waals surface area contributed by atoms with Crippen molar-refractivity contribution >= 4 is 11.3 Å². The number of hydrogen-bond donors (Lipinski definition) is 2. The van der Waals surface area contributed by atoms with Crippen LogP contribution in [-0.4, -0.2) is 22.4 Å². The maximum Gasteiger partial charge on any atom is 0.0659 e. The summed E-state index contributed by atoms with van der Waals surface area (Å²) in [5.74, 6) is 0.201. The van der Waals surface area contributed by atoms with Crippen LogP contribution in [0.25, 0.3) is 0 Å². The van der Waals surface area contributed by atoms with Gasteiger partial charge in [0.1, 0.15) is 0 Å². The van der Waals surface area contributed by atoms with E-state index in [0.29, 0.717) is 12.8 Å². The zero-order valence-corrected chi connectivity index (χ0v) is 18.1. The van der Waals surface area contributed by atoms with Crippen molar-refractivity contribution in [2.24, 2.45) is 23.2 Å². The first-order valence-corrected chi connectivity index (χ1v) is 11.8. The van der Waals surface area contributed by atoms with E-state index < -0.39 is 6.10 Å². The van der Waals surface area contributed by atoms with E-state index in [1.807, 2.05) is 11.3 Å². The molecule has 3 rings (SSSR count). The molecule has 0 spiro atoms. The minimum Gasteiger partial charge on any atom is -0.392 e.